The molecule has 1 amide bonds. The van der Waals surface area contributed by atoms with Gasteiger partial charge >= 0.3 is 0 Å². The summed E-state index contributed by atoms with van der Waals surface area (Å²) >= 11 is 0. The lowest BCUT2D eigenvalue weighted by molar-refractivity contribution is 0.0170. The number of carbonyl (C=O) groups excluding carboxylic acids is 1. The molecule has 0 radical (unpaired) electrons. The van der Waals surface area contributed by atoms with E-state index in [2.05, 4.69) is 17.0 Å². The summed E-state index contributed by atoms with van der Waals surface area (Å²) in [6.45, 7) is 2.31. The molecule has 3 rings (SSSR count). The minimum absolute atomic E-state index is 0.230. The fraction of sp³-hybridized carbons (Fsp3) is 0.350. The molecule has 0 aliphatic carbocycles. The maximum Gasteiger partial charge on any atom is 0.253 e. The number of aliphatic hydroxyl groups is 1. The average molecular weight is 342 g/mol. The molecule has 1 unspecified atom stereocenters. The van der Waals surface area contributed by atoms with Gasteiger partial charge in [0.1, 0.15) is 5.82 Å². The highest BCUT2D eigenvalue weighted by molar-refractivity contribution is 5.94. The Kier molecular flexibility index (Phi) is 5.16. The number of carbonyl (C=O) groups is 1. The molecule has 0 saturated carbocycles. The molecule has 1 fully saturated rings. The van der Waals surface area contributed by atoms with Crippen LogP contribution in [0.2, 0.25) is 0 Å². The van der Waals surface area contributed by atoms with Gasteiger partial charge in [0, 0.05) is 32.2 Å². The van der Waals surface area contributed by atoms with Crippen LogP contribution in [0, 0.1) is 5.82 Å². The van der Waals surface area contributed by atoms with Crippen molar-refractivity contribution < 1.29 is 14.3 Å². The topological polar surface area (TPSA) is 43.8 Å². The molecule has 1 aliphatic rings. The fourth-order valence-electron chi connectivity index (χ4n) is 3.40. The molecule has 0 bridgehead atoms. The Labute approximate surface area is 147 Å². The van der Waals surface area contributed by atoms with Gasteiger partial charge in [-0.05, 0) is 30.2 Å². The summed E-state index contributed by atoms with van der Waals surface area (Å²) < 4.78 is 13.3. The average Bonchev–Trinajstić information content (AvgIpc) is 2.95. The molecule has 132 valence electrons. The zero-order chi connectivity index (χ0) is 17.9. The van der Waals surface area contributed by atoms with Gasteiger partial charge in [-0.2, -0.15) is 0 Å². The SMILES string of the molecule is CN(CC1(O)CCN(Cc2ccccc2)C1)C(=O)c1cccc(F)c1. The Morgan fingerprint density at radius 2 is 2.00 bits per heavy atom. The number of nitrogens with zero attached hydrogens (tertiary/aromatic N) is 2. The third-order valence-electron chi connectivity index (χ3n) is 4.61. The number of likely N-dealkylation sites (tertiary alicyclic amines) is 1. The van der Waals surface area contributed by atoms with Gasteiger partial charge in [-0.1, -0.05) is 36.4 Å². The van der Waals surface area contributed by atoms with Crippen LogP contribution in [0.3, 0.4) is 0 Å². The summed E-state index contributed by atoms with van der Waals surface area (Å²) in [5.74, 6) is -0.720. The van der Waals surface area contributed by atoms with Crippen molar-refractivity contribution in [1.29, 1.82) is 0 Å². The van der Waals surface area contributed by atoms with Crippen LogP contribution < -0.4 is 0 Å². The summed E-state index contributed by atoms with van der Waals surface area (Å²) in [5, 5.41) is 10.9. The number of rotatable bonds is 5. The molecule has 4 nitrogen and oxygen atoms in total. The number of hydrogen-bond acceptors (Lipinski definition) is 3. The molecule has 1 heterocycles. The van der Waals surface area contributed by atoms with Crippen molar-refractivity contribution in [3.63, 3.8) is 0 Å². The predicted molar refractivity (Wildman–Crippen MR) is 94.6 cm³/mol. The van der Waals surface area contributed by atoms with E-state index in [4.69, 9.17) is 0 Å². The number of amides is 1. The van der Waals surface area contributed by atoms with Crippen molar-refractivity contribution in [2.45, 2.75) is 18.6 Å². The van der Waals surface area contributed by atoms with E-state index in [9.17, 15) is 14.3 Å². The van der Waals surface area contributed by atoms with Crippen LogP contribution in [0.25, 0.3) is 0 Å². The van der Waals surface area contributed by atoms with Crippen molar-refractivity contribution in [3.05, 3.63) is 71.5 Å². The molecule has 1 saturated heterocycles. The van der Waals surface area contributed by atoms with Crippen LogP contribution in [-0.2, 0) is 6.54 Å². The molecule has 2 aromatic rings. The molecule has 1 aliphatic heterocycles. The van der Waals surface area contributed by atoms with Gasteiger partial charge in [-0.15, -0.1) is 0 Å². The van der Waals surface area contributed by atoms with E-state index >= 15 is 0 Å². The van der Waals surface area contributed by atoms with Gasteiger partial charge in [0.2, 0.25) is 0 Å². The molecule has 1 atom stereocenters. The normalized spacial score (nSPS) is 20.6. The number of hydrogen-bond donors (Lipinski definition) is 1. The molecular formula is C20H23FN2O2. The van der Waals surface area contributed by atoms with E-state index in [-0.39, 0.29) is 12.5 Å². The summed E-state index contributed by atoms with van der Waals surface area (Å²) in [6.07, 6.45) is 0.612. The first-order valence-corrected chi connectivity index (χ1v) is 8.45. The first kappa shape index (κ1) is 17.6. The van der Waals surface area contributed by atoms with E-state index in [0.717, 1.165) is 13.1 Å². The maximum atomic E-state index is 13.3. The Morgan fingerprint density at radius 3 is 2.72 bits per heavy atom. The molecule has 0 spiro atoms. The zero-order valence-electron chi connectivity index (χ0n) is 14.4. The number of β-amino-alcohol motifs (C(OH)–C–C–N with tert-alkyl or cyclic N) is 1. The highest BCUT2D eigenvalue weighted by Gasteiger charge is 2.37. The lowest BCUT2D eigenvalue weighted by Crippen LogP contribution is -2.45. The second-order valence-corrected chi connectivity index (χ2v) is 6.84. The van der Waals surface area contributed by atoms with E-state index in [1.165, 1.54) is 28.7 Å². The van der Waals surface area contributed by atoms with E-state index in [1.54, 1.807) is 13.1 Å². The largest absolute Gasteiger partial charge is 0.387 e. The minimum Gasteiger partial charge on any atom is -0.387 e. The predicted octanol–water partition coefficient (Wildman–Crippen LogP) is 2.53. The van der Waals surface area contributed by atoms with E-state index < -0.39 is 11.4 Å². The van der Waals surface area contributed by atoms with Crippen molar-refractivity contribution in [1.82, 2.24) is 9.80 Å². The monoisotopic (exact) mass is 342 g/mol. The van der Waals surface area contributed by atoms with E-state index in [1.807, 2.05) is 18.2 Å². The molecular weight excluding hydrogens is 319 g/mol. The van der Waals surface area contributed by atoms with Crippen molar-refractivity contribution in [2.24, 2.45) is 0 Å². The van der Waals surface area contributed by atoms with Gasteiger partial charge < -0.3 is 10.0 Å². The summed E-state index contributed by atoms with van der Waals surface area (Å²) in [6, 6.07) is 15.8. The van der Waals surface area contributed by atoms with Crippen LogP contribution in [0.1, 0.15) is 22.3 Å². The Hall–Kier alpha value is -2.24. The first-order chi connectivity index (χ1) is 12.0. The smallest absolute Gasteiger partial charge is 0.253 e. The highest BCUT2D eigenvalue weighted by Crippen LogP contribution is 2.24. The minimum atomic E-state index is -0.938. The summed E-state index contributed by atoms with van der Waals surface area (Å²) in [4.78, 5) is 16.1. The summed E-state index contributed by atoms with van der Waals surface area (Å²) in [7, 11) is 1.64. The maximum absolute atomic E-state index is 13.3. The van der Waals surface area contributed by atoms with E-state index in [0.29, 0.717) is 18.5 Å². The van der Waals surface area contributed by atoms with Crippen molar-refractivity contribution >= 4 is 5.91 Å². The highest BCUT2D eigenvalue weighted by atomic mass is 19.1. The van der Waals surface area contributed by atoms with Gasteiger partial charge in [-0.25, -0.2) is 4.39 Å². The van der Waals surface area contributed by atoms with Crippen LogP contribution in [0.4, 0.5) is 4.39 Å². The van der Waals surface area contributed by atoms with Gasteiger partial charge in [0.05, 0.1) is 12.1 Å². The zero-order valence-corrected chi connectivity index (χ0v) is 14.4. The second kappa shape index (κ2) is 7.33. The Balaban J connectivity index is 1.59. The lowest BCUT2D eigenvalue weighted by atomic mass is 10.0. The third kappa shape index (κ3) is 4.44. The lowest BCUT2D eigenvalue weighted by Gasteiger charge is -2.29. The number of benzene rings is 2. The Morgan fingerprint density at radius 1 is 1.24 bits per heavy atom. The quantitative estimate of drug-likeness (QED) is 0.908. The molecule has 1 N–H and O–H groups in total. The first-order valence-electron chi connectivity index (χ1n) is 8.45. The molecule has 25 heavy (non-hydrogen) atoms. The third-order valence-corrected chi connectivity index (χ3v) is 4.61. The summed E-state index contributed by atoms with van der Waals surface area (Å²) in [5.41, 5.74) is 0.563. The number of halogens is 1. The molecule has 5 heteroatoms. The van der Waals surface area contributed by atoms with Crippen molar-refractivity contribution in [2.75, 3.05) is 26.7 Å². The van der Waals surface area contributed by atoms with Crippen LogP contribution in [0.5, 0.6) is 0 Å². The number of likely N-dealkylation sites (N-methyl/N-ethyl adjacent to an activating group) is 1. The van der Waals surface area contributed by atoms with Gasteiger partial charge in [-0.3, -0.25) is 9.69 Å². The van der Waals surface area contributed by atoms with Crippen molar-refractivity contribution in [3.8, 4) is 0 Å². The van der Waals surface area contributed by atoms with Crippen LogP contribution in [-0.4, -0.2) is 53.1 Å². The molecule has 0 aromatic heterocycles. The second-order valence-electron chi connectivity index (χ2n) is 6.84. The van der Waals surface area contributed by atoms with Crippen LogP contribution >= 0.6 is 0 Å². The van der Waals surface area contributed by atoms with Gasteiger partial charge in [0.15, 0.2) is 0 Å². The van der Waals surface area contributed by atoms with Crippen LogP contribution in [0.15, 0.2) is 54.6 Å². The fourth-order valence-corrected chi connectivity index (χ4v) is 3.40. The molecule has 2 aromatic carbocycles. The van der Waals surface area contributed by atoms with Gasteiger partial charge in [0.25, 0.3) is 5.91 Å². The Bertz CT molecular complexity index is 737. The standard InChI is InChI=1S/C20H23FN2O2/c1-22(19(24)17-8-5-9-18(21)12-17)14-20(25)10-11-23(15-20)13-16-6-3-2-4-7-16/h2-9,12,25H,10-11,13-15H2,1H3.